The highest BCUT2D eigenvalue weighted by atomic mass is 16.3. The maximum absolute atomic E-state index is 12.8. The fraction of sp³-hybridized carbons (Fsp3) is 0.500. The Balaban J connectivity index is 1.86. The first-order valence-electron chi connectivity index (χ1n) is 9.00. The largest absolute Gasteiger partial charge is 0.396 e. The summed E-state index contributed by atoms with van der Waals surface area (Å²) >= 11 is 0. The number of amides is 1. The average Bonchev–Trinajstić information content (AvgIpc) is 2.95. The molecule has 0 radical (unpaired) electrons. The van der Waals surface area contributed by atoms with E-state index < -0.39 is 0 Å². The van der Waals surface area contributed by atoms with Gasteiger partial charge in [-0.2, -0.15) is 0 Å². The molecule has 0 saturated heterocycles. The van der Waals surface area contributed by atoms with Gasteiger partial charge in [-0.3, -0.25) is 9.59 Å². The molecule has 5 nitrogen and oxygen atoms in total. The van der Waals surface area contributed by atoms with Gasteiger partial charge in [-0.05, 0) is 32.3 Å². The van der Waals surface area contributed by atoms with Crippen LogP contribution in [0.3, 0.4) is 0 Å². The van der Waals surface area contributed by atoms with Crippen molar-refractivity contribution < 1.29 is 14.7 Å². The number of nitrogens with one attached hydrogen (secondary N) is 1. The van der Waals surface area contributed by atoms with Crippen LogP contribution in [-0.4, -0.2) is 34.5 Å². The van der Waals surface area contributed by atoms with Gasteiger partial charge in [0.05, 0.1) is 6.61 Å². The Hall–Kier alpha value is -2.14. The van der Waals surface area contributed by atoms with E-state index in [1.807, 2.05) is 35.8 Å². The van der Waals surface area contributed by atoms with Gasteiger partial charge in [-0.15, -0.1) is 0 Å². The number of aliphatic hydroxyl groups is 1. The standard InChI is InChI=1S/C20H26N2O3/c1-3-17(19(25)21-12-20(13-23)9-6-10-20)22-11-16(14(2)24)15-7-4-5-8-18(15)22/h4-5,7-8,11,17,23H,3,6,9-10,12-13H2,1-2H3,(H,21,25)/t17-/m1/s1. The monoisotopic (exact) mass is 342 g/mol. The van der Waals surface area contributed by atoms with Crippen LogP contribution in [0.5, 0.6) is 0 Å². The highest BCUT2D eigenvalue weighted by molar-refractivity contribution is 6.07. The van der Waals surface area contributed by atoms with Crippen molar-refractivity contribution in [2.24, 2.45) is 5.41 Å². The van der Waals surface area contributed by atoms with Crippen molar-refractivity contribution >= 4 is 22.6 Å². The summed E-state index contributed by atoms with van der Waals surface area (Å²) in [5.41, 5.74) is 1.40. The molecule has 0 bridgehead atoms. The van der Waals surface area contributed by atoms with Crippen LogP contribution >= 0.6 is 0 Å². The summed E-state index contributed by atoms with van der Waals surface area (Å²) in [5.74, 6) is -0.0583. The molecule has 0 aliphatic heterocycles. The van der Waals surface area contributed by atoms with Crippen LogP contribution in [0, 0.1) is 5.41 Å². The van der Waals surface area contributed by atoms with E-state index in [1.54, 1.807) is 13.1 Å². The summed E-state index contributed by atoms with van der Waals surface area (Å²) in [7, 11) is 0. The van der Waals surface area contributed by atoms with Gasteiger partial charge in [-0.25, -0.2) is 0 Å². The van der Waals surface area contributed by atoms with Crippen LogP contribution in [0.2, 0.25) is 0 Å². The molecule has 5 heteroatoms. The fourth-order valence-corrected chi connectivity index (χ4v) is 3.71. The molecule has 3 rings (SSSR count). The lowest BCUT2D eigenvalue weighted by molar-refractivity contribution is -0.125. The number of benzene rings is 1. The molecule has 1 aromatic carbocycles. The first-order valence-corrected chi connectivity index (χ1v) is 9.00. The number of fused-ring (bicyclic) bond motifs is 1. The molecule has 1 aromatic heterocycles. The number of hydrogen-bond acceptors (Lipinski definition) is 3. The highest BCUT2D eigenvalue weighted by Gasteiger charge is 2.37. The Morgan fingerprint density at radius 1 is 1.32 bits per heavy atom. The van der Waals surface area contributed by atoms with Crippen LogP contribution in [-0.2, 0) is 4.79 Å². The smallest absolute Gasteiger partial charge is 0.243 e. The lowest BCUT2D eigenvalue weighted by atomic mass is 9.69. The van der Waals surface area contributed by atoms with Crippen LogP contribution in [0.4, 0.5) is 0 Å². The summed E-state index contributed by atoms with van der Waals surface area (Å²) in [6, 6.07) is 7.32. The van der Waals surface area contributed by atoms with Crippen LogP contribution in [0.1, 0.15) is 55.9 Å². The lowest BCUT2D eigenvalue weighted by Gasteiger charge is -2.40. The van der Waals surface area contributed by atoms with Gasteiger partial charge in [0, 0.05) is 34.6 Å². The van der Waals surface area contributed by atoms with Gasteiger partial charge in [0.25, 0.3) is 0 Å². The Morgan fingerprint density at radius 3 is 2.60 bits per heavy atom. The number of hydrogen-bond donors (Lipinski definition) is 2. The van der Waals surface area contributed by atoms with E-state index in [0.29, 0.717) is 18.5 Å². The Labute approximate surface area is 148 Å². The Bertz CT molecular complexity index is 784. The van der Waals surface area contributed by atoms with E-state index in [2.05, 4.69) is 5.32 Å². The number of para-hydroxylation sites is 1. The van der Waals surface area contributed by atoms with Crippen LogP contribution in [0.15, 0.2) is 30.5 Å². The minimum absolute atomic E-state index is 0.00101. The molecular weight excluding hydrogens is 316 g/mol. The SMILES string of the molecule is CC[C@H](C(=O)NCC1(CO)CCC1)n1cc(C(C)=O)c2ccccc21. The molecule has 0 spiro atoms. The number of aliphatic hydroxyl groups excluding tert-OH is 1. The van der Waals surface area contributed by atoms with Gasteiger partial charge in [-0.1, -0.05) is 31.5 Å². The second-order valence-electron chi connectivity index (χ2n) is 7.18. The fourth-order valence-electron chi connectivity index (χ4n) is 3.71. The molecule has 1 aliphatic rings. The van der Waals surface area contributed by atoms with Crippen molar-refractivity contribution in [3.8, 4) is 0 Å². The zero-order valence-electron chi connectivity index (χ0n) is 14.9. The average molecular weight is 342 g/mol. The number of nitrogens with zero attached hydrogens (tertiary/aromatic N) is 1. The molecule has 1 aliphatic carbocycles. The normalized spacial score (nSPS) is 17.1. The van der Waals surface area contributed by atoms with Gasteiger partial charge in [0.2, 0.25) is 5.91 Å². The van der Waals surface area contributed by atoms with Crippen LogP contribution in [0.25, 0.3) is 10.9 Å². The van der Waals surface area contributed by atoms with E-state index in [-0.39, 0.29) is 29.8 Å². The minimum atomic E-state index is -0.367. The van der Waals surface area contributed by atoms with E-state index in [1.165, 1.54) is 0 Å². The number of aromatic nitrogens is 1. The third-order valence-electron chi connectivity index (χ3n) is 5.53. The summed E-state index contributed by atoms with van der Waals surface area (Å²) in [6.45, 7) is 4.15. The number of Topliss-reactive ketones (excluding diaryl/α,β-unsaturated/α-hetero) is 1. The van der Waals surface area contributed by atoms with E-state index >= 15 is 0 Å². The lowest BCUT2D eigenvalue weighted by Crippen LogP contribution is -2.46. The van der Waals surface area contributed by atoms with Crippen molar-refractivity contribution in [3.63, 3.8) is 0 Å². The van der Waals surface area contributed by atoms with E-state index in [0.717, 1.165) is 30.2 Å². The van der Waals surface area contributed by atoms with Crippen molar-refractivity contribution in [3.05, 3.63) is 36.0 Å². The first kappa shape index (κ1) is 17.7. The second-order valence-corrected chi connectivity index (χ2v) is 7.18. The molecule has 1 saturated carbocycles. The molecule has 0 unspecified atom stereocenters. The third kappa shape index (κ3) is 3.21. The molecule has 134 valence electrons. The van der Waals surface area contributed by atoms with Gasteiger partial charge in [0.1, 0.15) is 6.04 Å². The topological polar surface area (TPSA) is 71.3 Å². The molecule has 2 aromatic rings. The van der Waals surface area contributed by atoms with Crippen molar-refractivity contribution in [1.82, 2.24) is 9.88 Å². The molecule has 25 heavy (non-hydrogen) atoms. The maximum atomic E-state index is 12.8. The number of ketones is 1. The highest BCUT2D eigenvalue weighted by Crippen LogP contribution is 2.39. The Morgan fingerprint density at radius 2 is 2.04 bits per heavy atom. The van der Waals surface area contributed by atoms with Gasteiger partial charge in [0.15, 0.2) is 5.78 Å². The van der Waals surface area contributed by atoms with Crippen molar-refractivity contribution in [1.29, 1.82) is 0 Å². The summed E-state index contributed by atoms with van der Waals surface area (Å²) < 4.78 is 1.91. The predicted octanol–water partition coefficient (Wildman–Crippen LogP) is 3.07. The molecule has 1 amide bonds. The van der Waals surface area contributed by atoms with Crippen LogP contribution < -0.4 is 5.32 Å². The summed E-state index contributed by atoms with van der Waals surface area (Å²) in [5, 5.41) is 13.5. The summed E-state index contributed by atoms with van der Waals surface area (Å²) in [4.78, 5) is 24.8. The first-order chi connectivity index (χ1) is 12.0. The molecule has 1 fully saturated rings. The van der Waals surface area contributed by atoms with Gasteiger partial charge < -0.3 is 15.0 Å². The number of carbonyl (C=O) groups excluding carboxylic acids is 2. The van der Waals surface area contributed by atoms with E-state index in [9.17, 15) is 14.7 Å². The van der Waals surface area contributed by atoms with Gasteiger partial charge >= 0.3 is 0 Å². The molecule has 1 heterocycles. The third-order valence-corrected chi connectivity index (χ3v) is 5.53. The van der Waals surface area contributed by atoms with Crippen molar-refractivity contribution in [2.75, 3.05) is 13.2 Å². The predicted molar refractivity (Wildman–Crippen MR) is 97.7 cm³/mol. The zero-order valence-corrected chi connectivity index (χ0v) is 14.9. The molecular formula is C20H26N2O3. The van der Waals surface area contributed by atoms with Crippen molar-refractivity contribution in [2.45, 2.75) is 45.6 Å². The zero-order chi connectivity index (χ0) is 18.0. The molecule has 1 atom stereocenters. The number of rotatable bonds is 7. The minimum Gasteiger partial charge on any atom is -0.396 e. The molecule has 2 N–H and O–H groups in total. The quantitative estimate of drug-likeness (QED) is 0.760. The van der Waals surface area contributed by atoms with E-state index in [4.69, 9.17) is 0 Å². The number of carbonyl (C=O) groups is 2. The second kappa shape index (κ2) is 7.00. The maximum Gasteiger partial charge on any atom is 0.243 e. The Kier molecular flexibility index (Phi) is 4.95. The summed E-state index contributed by atoms with van der Waals surface area (Å²) in [6.07, 6.45) is 5.46.